The third-order valence-electron chi connectivity index (χ3n) is 0. The first-order valence-corrected chi connectivity index (χ1v) is 0.671. The number of thiol groups is 3. The quantitative estimate of drug-likeness (QED) is 0.200. The fourth-order valence-corrected chi connectivity index (χ4v) is 0. The summed E-state index contributed by atoms with van der Waals surface area (Å²) in [4.78, 5) is 0. The van der Waals surface area contributed by atoms with Gasteiger partial charge in [-0.25, -0.2) is 0 Å². The van der Waals surface area contributed by atoms with E-state index in [9.17, 15) is 0 Å². The van der Waals surface area contributed by atoms with E-state index in [4.69, 9.17) is 4.55 Å². The Hall–Kier alpha value is 3.36. The van der Waals surface area contributed by atoms with Crippen molar-refractivity contribution in [2.75, 3.05) is 0 Å². The molecule has 0 aliphatic rings. The predicted octanol–water partition coefficient (Wildman–Crippen LogP) is -3.00. The van der Waals surface area contributed by atoms with Crippen LogP contribution in [0.2, 0.25) is 0 Å². The molecule has 0 saturated carbocycles. The van der Waals surface area contributed by atoms with Crippen LogP contribution >= 0.6 is 0 Å². The van der Waals surface area contributed by atoms with Gasteiger partial charge in [-0.2, -0.15) is 4.55 Å². The minimum Gasteiger partial charge on any atom is -0.813 e. The molecule has 0 rings (SSSR count). The van der Waals surface area contributed by atoms with Gasteiger partial charge in [-0.05, 0) is 0 Å². The normalized spacial score (nSPS) is 0.545. The second kappa shape index (κ2) is 181. The molecule has 0 radical (unpaired) electrons. The van der Waals surface area contributed by atoms with Crippen LogP contribution in [0.15, 0.2) is 0 Å². The van der Waals surface area contributed by atoms with Crippen molar-refractivity contribution in [3.8, 4) is 0 Å². The van der Waals surface area contributed by atoms with E-state index in [1.165, 1.54) is 0 Å². The van der Waals surface area contributed by atoms with Gasteiger partial charge in [0.1, 0.15) is 12.9 Å². The molecule has 0 aliphatic carbocycles. The van der Waals surface area contributed by atoms with Crippen molar-refractivity contribution < 1.29 is 83.8 Å². The fourth-order valence-electron chi connectivity index (χ4n) is 0. The van der Waals surface area contributed by atoms with E-state index in [0.717, 1.165) is 0 Å². The van der Waals surface area contributed by atoms with Crippen LogP contribution in [0.5, 0.6) is 0 Å². The zero-order valence-electron chi connectivity index (χ0n) is 4.70. The SMILES string of the molecule is O.O.O[SH2+].[Fe].[Fe].[Fe].[Fe].[SH-].[SH-].[SH-]. The molecule has 11 heavy (non-hydrogen) atoms. The molecular weight excluding hydrogens is 400 g/mol. The van der Waals surface area contributed by atoms with Crippen molar-refractivity contribution >= 4 is 53.4 Å². The van der Waals surface area contributed by atoms with Gasteiger partial charge in [0.05, 0.1) is 0 Å². The Labute approximate surface area is 135 Å². The molecule has 3 nitrogen and oxygen atoms in total. The standard InChI is InChI=1S/4Fe.H2OS.2H2O.3H2S/c;;;;1-2;;;;;/h;;;;1-2H;5*1H2/p-2. The summed E-state index contributed by atoms with van der Waals surface area (Å²) in [5.74, 6) is 0. The summed E-state index contributed by atoms with van der Waals surface area (Å²) in [5.41, 5.74) is 0. The average molecular weight is 410 g/mol. The second-order valence-corrected chi connectivity index (χ2v) is 0. The molecule has 0 fully saturated rings. The molecule has 0 saturated heterocycles. The van der Waals surface area contributed by atoms with Crippen LogP contribution in [0.4, 0.5) is 0 Å². The Balaban J connectivity index is -0.000000000139. The summed E-state index contributed by atoms with van der Waals surface area (Å²) in [5, 5.41) is 0. The van der Waals surface area contributed by atoms with Gasteiger partial charge >= 0.3 is 0 Å². The van der Waals surface area contributed by atoms with E-state index < -0.39 is 0 Å². The maximum Gasteiger partial charge on any atom is 0.114 e. The molecule has 86 valence electrons. The summed E-state index contributed by atoms with van der Waals surface area (Å²) in [6, 6.07) is 0. The average Bonchev–Trinajstić information content (AvgIpc) is 1.00. The first-order valence-electron chi connectivity index (χ1n) is 0.224. The van der Waals surface area contributed by atoms with Crippen LogP contribution in [0.3, 0.4) is 0 Å². The molecule has 11 heteroatoms. The minimum absolute atomic E-state index is 0. The zero-order chi connectivity index (χ0) is 2.00. The van der Waals surface area contributed by atoms with Gasteiger partial charge < -0.3 is 51.4 Å². The molecule has 0 unspecified atom stereocenters. The monoisotopic (exact) mass is 410 g/mol. The molecule has 0 bridgehead atoms. The first-order chi connectivity index (χ1) is 1.00. The number of hydrogen-bond acceptors (Lipinski definition) is 4. The Morgan fingerprint density at radius 3 is 0.545 bits per heavy atom. The van der Waals surface area contributed by atoms with E-state index in [-0.39, 0.29) is 120 Å². The summed E-state index contributed by atoms with van der Waals surface area (Å²) >= 11 is 1.97. The van der Waals surface area contributed by atoms with Gasteiger partial charge in [0.2, 0.25) is 0 Å². The minimum atomic E-state index is 0. The topological polar surface area (TPSA) is 83.2 Å². The van der Waals surface area contributed by atoms with Crippen molar-refractivity contribution in [3.63, 3.8) is 0 Å². The molecule has 0 atom stereocenters. The maximum atomic E-state index is 6.81. The zero-order valence-corrected chi connectivity index (χ0v) is 12.8. The van der Waals surface area contributed by atoms with Gasteiger partial charge in [0.25, 0.3) is 0 Å². The van der Waals surface area contributed by atoms with Crippen molar-refractivity contribution in [2.45, 2.75) is 0 Å². The van der Waals surface area contributed by atoms with E-state index >= 15 is 0 Å². The number of hydrogen-bond donors (Lipinski definition) is 1. The molecular formula is H10Fe4O3S4-2. The Morgan fingerprint density at radius 1 is 0.545 bits per heavy atom. The van der Waals surface area contributed by atoms with Crippen molar-refractivity contribution in [1.82, 2.24) is 0 Å². The van der Waals surface area contributed by atoms with Crippen LogP contribution in [-0.2, 0) is 122 Å². The summed E-state index contributed by atoms with van der Waals surface area (Å²) in [6.07, 6.45) is 0. The van der Waals surface area contributed by atoms with E-state index in [1.807, 2.05) is 12.9 Å². The fraction of sp³-hybridized carbons (Fsp3) is 0. The van der Waals surface area contributed by atoms with Crippen LogP contribution in [0.1, 0.15) is 0 Å². The van der Waals surface area contributed by atoms with Gasteiger partial charge in [-0.3, -0.25) is 0 Å². The summed E-state index contributed by atoms with van der Waals surface area (Å²) in [7, 11) is 0. The second-order valence-electron chi connectivity index (χ2n) is 0. The number of rotatable bonds is 0. The molecule has 5 N–H and O–H groups in total. The Bertz CT molecular complexity index is 17.3. The summed E-state index contributed by atoms with van der Waals surface area (Å²) < 4.78 is 6.81. The Morgan fingerprint density at radius 2 is 0.545 bits per heavy atom. The van der Waals surface area contributed by atoms with E-state index in [0.29, 0.717) is 0 Å². The molecule has 0 aromatic carbocycles. The van der Waals surface area contributed by atoms with Crippen molar-refractivity contribution in [2.24, 2.45) is 0 Å². The molecule has 0 aromatic heterocycles. The van der Waals surface area contributed by atoms with Gasteiger partial charge in [-0.1, -0.05) is 0 Å². The largest absolute Gasteiger partial charge is 0.813 e. The molecule has 0 aliphatic heterocycles. The van der Waals surface area contributed by atoms with E-state index in [2.05, 4.69) is 0 Å². The molecule has 0 amide bonds. The predicted molar refractivity (Wildman–Crippen MR) is 46.3 cm³/mol. The van der Waals surface area contributed by atoms with Crippen LogP contribution in [0, 0.1) is 0 Å². The molecule has 0 spiro atoms. The van der Waals surface area contributed by atoms with Crippen LogP contribution < -0.4 is 0 Å². The third kappa shape index (κ3) is 153. The van der Waals surface area contributed by atoms with Crippen molar-refractivity contribution in [3.05, 3.63) is 0 Å². The third-order valence-corrected chi connectivity index (χ3v) is 0. The molecule has 0 aromatic rings. The van der Waals surface area contributed by atoms with Crippen LogP contribution in [0.25, 0.3) is 0 Å². The van der Waals surface area contributed by atoms with Gasteiger partial charge in [0.15, 0.2) is 0 Å². The van der Waals surface area contributed by atoms with Gasteiger partial charge in [0, 0.05) is 68.3 Å². The van der Waals surface area contributed by atoms with E-state index in [1.54, 1.807) is 0 Å². The summed E-state index contributed by atoms with van der Waals surface area (Å²) in [6.45, 7) is 0. The maximum absolute atomic E-state index is 6.81. The van der Waals surface area contributed by atoms with Crippen molar-refractivity contribution in [1.29, 1.82) is 0 Å². The van der Waals surface area contributed by atoms with Crippen LogP contribution in [-0.4, -0.2) is 15.5 Å². The Kier molecular flexibility index (Phi) is 2220. The van der Waals surface area contributed by atoms with Gasteiger partial charge in [-0.15, -0.1) is 0 Å². The molecule has 0 heterocycles. The first kappa shape index (κ1) is 135. The smallest absolute Gasteiger partial charge is 0.114 e.